The van der Waals surface area contributed by atoms with Crippen LogP contribution in [0.25, 0.3) is 0 Å². The van der Waals surface area contributed by atoms with Gasteiger partial charge in [0.05, 0.1) is 23.5 Å². The van der Waals surface area contributed by atoms with Crippen molar-refractivity contribution < 1.29 is 14.6 Å². The third-order valence-corrected chi connectivity index (χ3v) is 7.18. The number of likely N-dealkylation sites (tertiary alicyclic amines) is 1. The molecule has 1 aromatic rings. The van der Waals surface area contributed by atoms with Crippen molar-refractivity contribution in [3.63, 3.8) is 0 Å². The molecule has 1 aromatic heterocycles. The molecule has 1 saturated heterocycles. The van der Waals surface area contributed by atoms with Crippen LogP contribution in [-0.2, 0) is 17.7 Å². The van der Waals surface area contributed by atoms with E-state index in [9.17, 15) is 9.90 Å². The highest BCUT2D eigenvalue weighted by atomic mass is 16.5. The van der Waals surface area contributed by atoms with Crippen LogP contribution < -0.4 is 0 Å². The topological polar surface area (TPSA) is 67.6 Å². The molecule has 3 heterocycles. The predicted molar refractivity (Wildman–Crippen MR) is 107 cm³/mol. The fourth-order valence-corrected chi connectivity index (χ4v) is 5.56. The van der Waals surface area contributed by atoms with Crippen molar-refractivity contribution in [2.75, 3.05) is 13.1 Å². The lowest BCUT2D eigenvalue weighted by Crippen LogP contribution is -2.51. The molecule has 1 N–H and O–H groups in total. The summed E-state index contributed by atoms with van der Waals surface area (Å²) in [5.41, 5.74) is 2.13. The SMILES string of the molecule is CCn1nc2c(c1C(=O)N1CCC(O)(C3CCCCC3)CC1)C[C@H](C)O[C@@H]2C. The van der Waals surface area contributed by atoms with Gasteiger partial charge in [0.1, 0.15) is 5.69 Å². The molecule has 2 fully saturated rings. The standard InChI is InChI=1S/C22H35N3O3/c1-4-25-20(18-14-15(2)28-16(3)19(18)23-25)21(26)24-12-10-22(27,11-13-24)17-8-6-5-7-9-17/h15-17,27H,4-14H2,1-3H3/t15-,16+/m0/s1. The van der Waals surface area contributed by atoms with E-state index in [0.29, 0.717) is 38.4 Å². The van der Waals surface area contributed by atoms with E-state index in [1.807, 2.05) is 23.4 Å². The summed E-state index contributed by atoms with van der Waals surface area (Å²) in [6, 6.07) is 0. The Kier molecular flexibility index (Phi) is 5.53. The molecule has 0 radical (unpaired) electrons. The van der Waals surface area contributed by atoms with Gasteiger partial charge in [0.15, 0.2) is 0 Å². The van der Waals surface area contributed by atoms with E-state index in [0.717, 1.165) is 36.2 Å². The molecule has 28 heavy (non-hydrogen) atoms. The zero-order chi connectivity index (χ0) is 19.9. The Labute approximate surface area is 168 Å². The van der Waals surface area contributed by atoms with Crippen LogP contribution in [0.1, 0.15) is 93.6 Å². The van der Waals surface area contributed by atoms with Gasteiger partial charge in [0, 0.05) is 31.6 Å². The lowest BCUT2D eigenvalue weighted by Gasteiger charge is -2.44. The lowest BCUT2D eigenvalue weighted by atomic mass is 9.72. The summed E-state index contributed by atoms with van der Waals surface area (Å²) in [7, 11) is 0. The van der Waals surface area contributed by atoms with Gasteiger partial charge in [-0.05, 0) is 52.4 Å². The summed E-state index contributed by atoms with van der Waals surface area (Å²) in [5.74, 6) is 0.480. The molecule has 6 nitrogen and oxygen atoms in total. The minimum Gasteiger partial charge on any atom is -0.389 e. The van der Waals surface area contributed by atoms with Crippen LogP contribution in [-0.4, -0.2) is 50.5 Å². The largest absolute Gasteiger partial charge is 0.389 e. The van der Waals surface area contributed by atoms with Gasteiger partial charge >= 0.3 is 0 Å². The van der Waals surface area contributed by atoms with Crippen LogP contribution in [0.5, 0.6) is 0 Å². The minimum absolute atomic E-state index is 0.0718. The quantitative estimate of drug-likeness (QED) is 0.859. The predicted octanol–water partition coefficient (Wildman–Crippen LogP) is 3.47. The number of aromatic nitrogens is 2. The molecule has 0 bridgehead atoms. The van der Waals surface area contributed by atoms with Gasteiger partial charge < -0.3 is 14.7 Å². The number of rotatable bonds is 3. The molecule has 0 aromatic carbocycles. The van der Waals surface area contributed by atoms with Crippen molar-refractivity contribution in [1.82, 2.24) is 14.7 Å². The fourth-order valence-electron chi connectivity index (χ4n) is 5.56. The van der Waals surface area contributed by atoms with E-state index < -0.39 is 5.60 Å². The molecule has 4 rings (SSSR count). The number of hydrogen-bond donors (Lipinski definition) is 1. The number of aliphatic hydroxyl groups is 1. The van der Waals surface area contributed by atoms with Crippen LogP contribution in [0.3, 0.4) is 0 Å². The highest BCUT2D eigenvalue weighted by Crippen LogP contribution is 2.39. The molecule has 0 unspecified atom stereocenters. The molecule has 3 aliphatic rings. The number of aryl methyl sites for hydroxylation is 1. The molecule has 1 amide bonds. The summed E-state index contributed by atoms with van der Waals surface area (Å²) < 4.78 is 7.77. The van der Waals surface area contributed by atoms with Crippen molar-refractivity contribution in [1.29, 1.82) is 0 Å². The molecule has 1 saturated carbocycles. The minimum atomic E-state index is -0.585. The average Bonchev–Trinajstić information content (AvgIpc) is 3.07. The van der Waals surface area contributed by atoms with Gasteiger partial charge in [0.2, 0.25) is 0 Å². The van der Waals surface area contributed by atoms with Gasteiger partial charge in [-0.15, -0.1) is 0 Å². The first-order valence-electron chi connectivity index (χ1n) is 11.2. The molecular formula is C22H35N3O3. The first-order valence-corrected chi connectivity index (χ1v) is 11.2. The van der Waals surface area contributed by atoms with Crippen molar-refractivity contribution in [3.05, 3.63) is 17.0 Å². The number of amides is 1. The highest BCUT2D eigenvalue weighted by molar-refractivity contribution is 5.94. The normalized spacial score (nSPS) is 28.2. The maximum absolute atomic E-state index is 13.5. The average molecular weight is 390 g/mol. The number of carbonyl (C=O) groups is 1. The highest BCUT2D eigenvalue weighted by Gasteiger charge is 2.42. The van der Waals surface area contributed by atoms with Crippen LogP contribution >= 0.6 is 0 Å². The second-order valence-electron chi connectivity index (χ2n) is 9.05. The molecule has 2 aliphatic heterocycles. The summed E-state index contributed by atoms with van der Waals surface area (Å²) in [6.07, 6.45) is 8.18. The van der Waals surface area contributed by atoms with Crippen molar-refractivity contribution in [2.24, 2.45) is 5.92 Å². The third-order valence-electron chi connectivity index (χ3n) is 7.18. The van der Waals surface area contributed by atoms with E-state index in [2.05, 4.69) is 6.92 Å². The van der Waals surface area contributed by atoms with Gasteiger partial charge in [-0.25, -0.2) is 0 Å². The van der Waals surface area contributed by atoms with Gasteiger partial charge in [0.25, 0.3) is 5.91 Å². The van der Waals surface area contributed by atoms with Crippen molar-refractivity contribution >= 4 is 5.91 Å². The van der Waals surface area contributed by atoms with Crippen LogP contribution in [0, 0.1) is 5.92 Å². The summed E-state index contributed by atoms with van der Waals surface area (Å²) >= 11 is 0. The van der Waals surface area contributed by atoms with E-state index in [1.165, 1.54) is 19.3 Å². The first kappa shape index (κ1) is 19.9. The van der Waals surface area contributed by atoms with Crippen LogP contribution in [0.15, 0.2) is 0 Å². The van der Waals surface area contributed by atoms with Gasteiger partial charge in [-0.3, -0.25) is 9.48 Å². The maximum Gasteiger partial charge on any atom is 0.272 e. The molecule has 0 spiro atoms. The Balaban J connectivity index is 1.52. The fraction of sp³-hybridized carbons (Fsp3) is 0.818. The van der Waals surface area contributed by atoms with E-state index in [1.54, 1.807) is 0 Å². The Morgan fingerprint density at radius 2 is 1.89 bits per heavy atom. The maximum atomic E-state index is 13.5. The molecular weight excluding hydrogens is 354 g/mol. The monoisotopic (exact) mass is 389 g/mol. The van der Waals surface area contributed by atoms with Gasteiger partial charge in [-0.1, -0.05) is 19.3 Å². The number of piperidine rings is 1. The van der Waals surface area contributed by atoms with E-state index >= 15 is 0 Å². The Morgan fingerprint density at radius 3 is 2.54 bits per heavy atom. The zero-order valence-electron chi connectivity index (χ0n) is 17.6. The van der Waals surface area contributed by atoms with Crippen molar-refractivity contribution in [2.45, 2.75) is 96.5 Å². The smallest absolute Gasteiger partial charge is 0.272 e. The second-order valence-corrected chi connectivity index (χ2v) is 9.05. The molecule has 156 valence electrons. The number of carbonyl (C=O) groups excluding carboxylic acids is 1. The Morgan fingerprint density at radius 1 is 1.21 bits per heavy atom. The van der Waals surface area contributed by atoms with Crippen LogP contribution in [0.2, 0.25) is 0 Å². The number of nitrogens with zero attached hydrogens (tertiary/aromatic N) is 3. The van der Waals surface area contributed by atoms with Crippen molar-refractivity contribution in [3.8, 4) is 0 Å². The summed E-state index contributed by atoms with van der Waals surface area (Å²) in [5, 5.41) is 15.9. The van der Waals surface area contributed by atoms with Crippen LogP contribution in [0.4, 0.5) is 0 Å². The first-order chi connectivity index (χ1) is 13.4. The molecule has 2 atom stereocenters. The number of hydrogen-bond acceptors (Lipinski definition) is 4. The number of ether oxygens (including phenoxy) is 1. The second kappa shape index (κ2) is 7.79. The van der Waals surface area contributed by atoms with Gasteiger partial charge in [-0.2, -0.15) is 5.10 Å². The summed E-state index contributed by atoms with van der Waals surface area (Å²) in [4.78, 5) is 15.4. The Hall–Kier alpha value is -1.40. The molecule has 1 aliphatic carbocycles. The van der Waals surface area contributed by atoms with E-state index in [-0.39, 0.29) is 18.1 Å². The lowest BCUT2D eigenvalue weighted by molar-refractivity contribution is -0.0724. The molecule has 6 heteroatoms. The van der Waals surface area contributed by atoms with E-state index in [4.69, 9.17) is 9.84 Å². The summed E-state index contributed by atoms with van der Waals surface area (Å²) in [6.45, 7) is 8.05. The number of fused-ring (bicyclic) bond motifs is 1. The third kappa shape index (κ3) is 3.50. The zero-order valence-corrected chi connectivity index (χ0v) is 17.6. The Bertz CT molecular complexity index is 715.